The lowest BCUT2D eigenvalue weighted by Crippen LogP contribution is -2.28. The van der Waals surface area contributed by atoms with E-state index in [0.717, 1.165) is 18.2 Å². The number of halogens is 1. The fourth-order valence-corrected chi connectivity index (χ4v) is 3.31. The molecule has 1 aliphatic carbocycles. The first-order valence-electron chi connectivity index (χ1n) is 7.62. The fraction of sp³-hybridized carbons (Fsp3) is 0.733. The highest BCUT2D eigenvalue weighted by atomic mass is 79.9. The van der Waals surface area contributed by atoms with Crippen LogP contribution in [0.4, 0.5) is 5.69 Å². The van der Waals surface area contributed by atoms with E-state index in [1.807, 2.05) is 0 Å². The zero-order chi connectivity index (χ0) is 15.2. The van der Waals surface area contributed by atoms with Gasteiger partial charge in [-0.2, -0.15) is 5.10 Å². The Labute approximate surface area is 134 Å². The summed E-state index contributed by atoms with van der Waals surface area (Å²) < 4.78 is 6.95. The van der Waals surface area contributed by atoms with E-state index in [2.05, 4.69) is 33.3 Å². The van der Waals surface area contributed by atoms with Crippen molar-refractivity contribution in [1.82, 2.24) is 9.78 Å². The molecule has 2 rings (SSSR count). The van der Waals surface area contributed by atoms with Crippen LogP contribution in [0.3, 0.4) is 0 Å². The van der Waals surface area contributed by atoms with Crippen molar-refractivity contribution in [3.63, 3.8) is 0 Å². The van der Waals surface area contributed by atoms with Crippen LogP contribution in [0.1, 0.15) is 32.6 Å². The molecule has 1 heterocycles. The van der Waals surface area contributed by atoms with E-state index in [4.69, 9.17) is 4.74 Å². The van der Waals surface area contributed by atoms with Crippen LogP contribution in [0.15, 0.2) is 15.5 Å². The lowest BCUT2D eigenvalue weighted by atomic mass is 9.80. The molecule has 0 spiro atoms. The maximum absolute atomic E-state index is 12.2. The van der Waals surface area contributed by atoms with Crippen molar-refractivity contribution in [1.29, 1.82) is 0 Å². The van der Waals surface area contributed by atoms with E-state index in [1.54, 1.807) is 13.3 Å². The van der Waals surface area contributed by atoms with Gasteiger partial charge in [0.2, 0.25) is 0 Å². The molecule has 0 aromatic carbocycles. The normalized spacial score (nSPS) is 22.2. The minimum absolute atomic E-state index is 0.117. The molecule has 6 heteroatoms. The van der Waals surface area contributed by atoms with Crippen LogP contribution in [0.2, 0.25) is 0 Å². The molecule has 1 saturated carbocycles. The van der Waals surface area contributed by atoms with E-state index in [9.17, 15) is 4.79 Å². The third-order valence-corrected chi connectivity index (χ3v) is 5.10. The average molecular weight is 358 g/mol. The Morgan fingerprint density at radius 3 is 2.95 bits per heavy atom. The van der Waals surface area contributed by atoms with Crippen molar-refractivity contribution < 1.29 is 4.74 Å². The molecular weight excluding hydrogens is 334 g/mol. The Morgan fingerprint density at radius 1 is 1.48 bits per heavy atom. The summed E-state index contributed by atoms with van der Waals surface area (Å²) in [5.74, 6) is 1.43. The smallest absolute Gasteiger partial charge is 0.283 e. The van der Waals surface area contributed by atoms with Crippen LogP contribution in [-0.4, -0.2) is 30.0 Å². The number of rotatable bonds is 6. The van der Waals surface area contributed by atoms with Gasteiger partial charge in [-0.05, 0) is 34.2 Å². The largest absolute Gasteiger partial charge is 0.383 e. The molecule has 0 saturated heterocycles. The third kappa shape index (κ3) is 4.30. The van der Waals surface area contributed by atoms with Gasteiger partial charge in [-0.15, -0.1) is 0 Å². The summed E-state index contributed by atoms with van der Waals surface area (Å²) in [6.45, 7) is 4.17. The molecule has 21 heavy (non-hydrogen) atoms. The minimum atomic E-state index is -0.117. The lowest BCUT2D eigenvalue weighted by molar-refractivity contribution is 0.181. The summed E-state index contributed by atoms with van der Waals surface area (Å²) in [6, 6.07) is 0. The van der Waals surface area contributed by atoms with Crippen molar-refractivity contribution in [2.45, 2.75) is 39.2 Å². The second-order valence-electron chi connectivity index (χ2n) is 5.80. The van der Waals surface area contributed by atoms with Gasteiger partial charge in [0.1, 0.15) is 4.47 Å². The Morgan fingerprint density at radius 2 is 2.24 bits per heavy atom. The van der Waals surface area contributed by atoms with Gasteiger partial charge in [-0.1, -0.05) is 26.2 Å². The summed E-state index contributed by atoms with van der Waals surface area (Å²) in [5, 5.41) is 7.57. The fourth-order valence-electron chi connectivity index (χ4n) is 2.86. The second kappa shape index (κ2) is 7.94. The average Bonchev–Trinajstić information content (AvgIpc) is 2.49. The molecule has 0 aliphatic heterocycles. The van der Waals surface area contributed by atoms with Gasteiger partial charge in [-0.25, -0.2) is 4.68 Å². The van der Waals surface area contributed by atoms with Gasteiger partial charge in [0.25, 0.3) is 5.56 Å². The van der Waals surface area contributed by atoms with Crippen LogP contribution in [0.25, 0.3) is 0 Å². The molecule has 118 valence electrons. The van der Waals surface area contributed by atoms with Crippen LogP contribution >= 0.6 is 15.9 Å². The summed E-state index contributed by atoms with van der Waals surface area (Å²) in [7, 11) is 1.61. The van der Waals surface area contributed by atoms with Crippen LogP contribution in [0, 0.1) is 11.8 Å². The maximum atomic E-state index is 12.2. The quantitative estimate of drug-likeness (QED) is 0.850. The Balaban J connectivity index is 2.00. The van der Waals surface area contributed by atoms with Gasteiger partial charge < -0.3 is 10.1 Å². The molecule has 2 atom stereocenters. The SMILES string of the molecule is COCCn1ncc(NCC2CCCCC2C)c(Br)c1=O. The molecule has 1 fully saturated rings. The van der Waals surface area contributed by atoms with Crippen molar-refractivity contribution in [3.05, 3.63) is 21.0 Å². The number of aromatic nitrogens is 2. The number of methoxy groups -OCH3 is 1. The van der Waals surface area contributed by atoms with Crippen LogP contribution in [0.5, 0.6) is 0 Å². The topological polar surface area (TPSA) is 56.1 Å². The number of nitrogens with one attached hydrogen (secondary N) is 1. The van der Waals surface area contributed by atoms with E-state index in [1.165, 1.54) is 30.4 Å². The number of hydrogen-bond donors (Lipinski definition) is 1. The van der Waals surface area contributed by atoms with Gasteiger partial charge >= 0.3 is 0 Å². The predicted octanol–water partition coefficient (Wildman–Crippen LogP) is 2.89. The molecule has 2 unspecified atom stereocenters. The molecule has 5 nitrogen and oxygen atoms in total. The highest BCUT2D eigenvalue weighted by molar-refractivity contribution is 9.10. The standard InChI is InChI=1S/C15H24BrN3O2/c1-11-5-3-4-6-12(11)9-17-13-10-18-19(7-8-21-2)15(20)14(13)16/h10-12,17H,3-9H2,1-2H3. The van der Waals surface area contributed by atoms with Gasteiger partial charge in [0.15, 0.2) is 0 Å². The molecule has 1 aromatic heterocycles. The Kier molecular flexibility index (Phi) is 6.23. The summed E-state index contributed by atoms with van der Waals surface area (Å²) >= 11 is 3.39. The van der Waals surface area contributed by atoms with Crippen LogP contribution in [-0.2, 0) is 11.3 Å². The summed E-state index contributed by atoms with van der Waals surface area (Å²) in [5.41, 5.74) is 0.667. The monoisotopic (exact) mass is 357 g/mol. The first-order chi connectivity index (χ1) is 10.1. The molecule has 0 bridgehead atoms. The molecule has 0 radical (unpaired) electrons. The van der Waals surface area contributed by atoms with E-state index in [-0.39, 0.29) is 5.56 Å². The lowest BCUT2D eigenvalue weighted by Gasteiger charge is -2.29. The van der Waals surface area contributed by atoms with Crippen molar-refractivity contribution in [2.24, 2.45) is 11.8 Å². The van der Waals surface area contributed by atoms with Gasteiger partial charge in [-0.3, -0.25) is 4.79 Å². The number of nitrogens with zero attached hydrogens (tertiary/aromatic N) is 2. The third-order valence-electron chi connectivity index (χ3n) is 4.34. The van der Waals surface area contributed by atoms with Crippen molar-refractivity contribution in [2.75, 3.05) is 25.6 Å². The Hall–Kier alpha value is -0.880. The van der Waals surface area contributed by atoms with Crippen molar-refractivity contribution in [3.8, 4) is 0 Å². The molecule has 0 amide bonds. The number of ether oxygens (including phenoxy) is 1. The molecular formula is C15H24BrN3O2. The van der Waals surface area contributed by atoms with Gasteiger partial charge in [0.05, 0.1) is 25.0 Å². The number of anilines is 1. The predicted molar refractivity (Wildman–Crippen MR) is 87.7 cm³/mol. The van der Waals surface area contributed by atoms with E-state index < -0.39 is 0 Å². The maximum Gasteiger partial charge on any atom is 0.283 e. The minimum Gasteiger partial charge on any atom is -0.383 e. The van der Waals surface area contributed by atoms with Gasteiger partial charge in [0, 0.05) is 13.7 Å². The highest BCUT2D eigenvalue weighted by Crippen LogP contribution is 2.30. The molecule has 1 aliphatic rings. The zero-order valence-electron chi connectivity index (χ0n) is 12.8. The van der Waals surface area contributed by atoms with Crippen LogP contribution < -0.4 is 10.9 Å². The van der Waals surface area contributed by atoms with E-state index in [0.29, 0.717) is 23.5 Å². The summed E-state index contributed by atoms with van der Waals surface area (Å²) in [4.78, 5) is 12.2. The molecule has 1 aromatic rings. The first kappa shape index (κ1) is 16.5. The number of hydrogen-bond acceptors (Lipinski definition) is 4. The highest BCUT2D eigenvalue weighted by Gasteiger charge is 2.21. The van der Waals surface area contributed by atoms with E-state index >= 15 is 0 Å². The first-order valence-corrected chi connectivity index (χ1v) is 8.41. The zero-order valence-corrected chi connectivity index (χ0v) is 14.4. The Bertz CT molecular complexity index is 518. The van der Waals surface area contributed by atoms with Crippen molar-refractivity contribution >= 4 is 21.6 Å². The second-order valence-corrected chi connectivity index (χ2v) is 6.59. The molecule has 1 N–H and O–H groups in total. The summed E-state index contributed by atoms with van der Waals surface area (Å²) in [6.07, 6.45) is 6.95.